The summed E-state index contributed by atoms with van der Waals surface area (Å²) in [6.45, 7) is 4.15. The number of anilines is 1. The minimum absolute atomic E-state index is 0.263. The summed E-state index contributed by atoms with van der Waals surface area (Å²) in [6, 6.07) is 4.70. The molecule has 1 saturated heterocycles. The van der Waals surface area contributed by atoms with Crippen molar-refractivity contribution >= 4 is 31.6 Å². The van der Waals surface area contributed by atoms with Gasteiger partial charge in [0.2, 0.25) is 10.0 Å². The van der Waals surface area contributed by atoms with Gasteiger partial charge in [0.15, 0.2) is 0 Å². The van der Waals surface area contributed by atoms with Gasteiger partial charge in [0.05, 0.1) is 11.5 Å². The third-order valence-corrected chi connectivity index (χ3v) is 6.07. The molecule has 1 aliphatic heterocycles. The Morgan fingerprint density at radius 1 is 1.50 bits per heavy atom. The van der Waals surface area contributed by atoms with E-state index in [1.165, 1.54) is 4.31 Å². The number of sulfonamides is 1. The maximum Gasteiger partial charge on any atom is 0.243 e. The zero-order valence-electron chi connectivity index (χ0n) is 11.4. The first-order valence-corrected chi connectivity index (χ1v) is 8.81. The first-order chi connectivity index (χ1) is 9.45. The van der Waals surface area contributed by atoms with Crippen molar-refractivity contribution in [2.24, 2.45) is 5.92 Å². The van der Waals surface area contributed by atoms with Crippen molar-refractivity contribution in [3.63, 3.8) is 0 Å². The van der Waals surface area contributed by atoms with Gasteiger partial charge in [-0.15, -0.1) is 0 Å². The Bertz CT molecular complexity index is 571. The molecule has 0 spiro atoms. The molecule has 0 amide bonds. The number of rotatable bonds is 5. The monoisotopic (exact) mass is 362 g/mol. The van der Waals surface area contributed by atoms with E-state index in [0.717, 1.165) is 13.0 Å². The number of halogens is 1. The molecule has 0 aliphatic carbocycles. The van der Waals surface area contributed by atoms with Crippen molar-refractivity contribution < 1.29 is 13.2 Å². The summed E-state index contributed by atoms with van der Waals surface area (Å²) < 4.78 is 32.7. The van der Waals surface area contributed by atoms with E-state index in [4.69, 9.17) is 10.5 Å². The fraction of sp³-hybridized carbons (Fsp3) is 0.538. The molecule has 2 rings (SSSR count). The first kappa shape index (κ1) is 15.8. The number of nitrogens with two attached hydrogens (primary N) is 1. The molecule has 1 aromatic carbocycles. The molecule has 1 fully saturated rings. The number of hydrogen-bond acceptors (Lipinski definition) is 4. The smallest absolute Gasteiger partial charge is 0.243 e. The van der Waals surface area contributed by atoms with Gasteiger partial charge >= 0.3 is 0 Å². The first-order valence-electron chi connectivity index (χ1n) is 6.58. The standard InChI is InChI=1S/C13H19BrN2O3S/c1-2-16(8-10-5-6-19-9-10)20(17,18)11-3-4-13(15)12(14)7-11/h3-4,7,10H,2,5-6,8-9,15H2,1H3. The van der Waals surface area contributed by atoms with Gasteiger partial charge < -0.3 is 10.5 Å². The molecule has 2 N–H and O–H groups in total. The Kier molecular flexibility index (Phi) is 5.06. The second kappa shape index (κ2) is 6.43. The number of hydrogen-bond donors (Lipinski definition) is 1. The molecule has 20 heavy (non-hydrogen) atoms. The van der Waals surface area contributed by atoms with Crippen molar-refractivity contribution in [3.8, 4) is 0 Å². The average Bonchev–Trinajstić information content (AvgIpc) is 2.91. The zero-order valence-corrected chi connectivity index (χ0v) is 13.8. The molecule has 1 unspecified atom stereocenters. The van der Waals surface area contributed by atoms with Crippen molar-refractivity contribution in [3.05, 3.63) is 22.7 Å². The van der Waals surface area contributed by atoms with E-state index in [1.54, 1.807) is 18.2 Å². The summed E-state index contributed by atoms with van der Waals surface area (Å²) in [7, 11) is -3.49. The van der Waals surface area contributed by atoms with Crippen LogP contribution in [-0.2, 0) is 14.8 Å². The predicted octanol–water partition coefficient (Wildman–Crippen LogP) is 2.08. The maximum atomic E-state index is 12.6. The van der Waals surface area contributed by atoms with Crippen molar-refractivity contribution in [2.45, 2.75) is 18.2 Å². The van der Waals surface area contributed by atoms with Gasteiger partial charge in [-0.2, -0.15) is 4.31 Å². The molecule has 1 aliphatic rings. The van der Waals surface area contributed by atoms with Gasteiger partial charge in [-0.1, -0.05) is 6.92 Å². The van der Waals surface area contributed by atoms with E-state index in [1.807, 2.05) is 6.92 Å². The van der Waals surface area contributed by atoms with E-state index < -0.39 is 10.0 Å². The van der Waals surface area contributed by atoms with Crippen LogP contribution in [0.1, 0.15) is 13.3 Å². The molecule has 1 heterocycles. The Morgan fingerprint density at radius 3 is 2.80 bits per heavy atom. The number of ether oxygens (including phenoxy) is 1. The van der Waals surface area contributed by atoms with E-state index in [-0.39, 0.29) is 10.8 Å². The minimum atomic E-state index is -3.49. The van der Waals surface area contributed by atoms with Crippen LogP contribution in [0.15, 0.2) is 27.6 Å². The van der Waals surface area contributed by atoms with E-state index in [2.05, 4.69) is 15.9 Å². The number of nitrogen functional groups attached to an aromatic ring is 1. The minimum Gasteiger partial charge on any atom is -0.398 e. The highest BCUT2D eigenvalue weighted by Gasteiger charge is 2.28. The van der Waals surface area contributed by atoms with Crippen LogP contribution in [0.2, 0.25) is 0 Å². The Hall–Kier alpha value is -0.630. The van der Waals surface area contributed by atoms with E-state index in [9.17, 15) is 8.42 Å². The van der Waals surface area contributed by atoms with Crippen molar-refractivity contribution in [1.82, 2.24) is 4.31 Å². The molecule has 1 aromatic rings. The summed E-state index contributed by atoms with van der Waals surface area (Å²) >= 11 is 3.27. The highest BCUT2D eigenvalue weighted by molar-refractivity contribution is 9.10. The number of nitrogens with zero attached hydrogens (tertiary/aromatic N) is 1. The third kappa shape index (κ3) is 3.33. The van der Waals surface area contributed by atoms with E-state index >= 15 is 0 Å². The second-order valence-corrected chi connectivity index (χ2v) is 7.66. The highest BCUT2D eigenvalue weighted by atomic mass is 79.9. The van der Waals surface area contributed by atoms with Crippen molar-refractivity contribution in [2.75, 3.05) is 32.0 Å². The molecule has 7 heteroatoms. The predicted molar refractivity (Wildman–Crippen MR) is 81.9 cm³/mol. The van der Waals surface area contributed by atoms with Crippen LogP contribution >= 0.6 is 15.9 Å². The van der Waals surface area contributed by atoms with Crippen LogP contribution in [0.4, 0.5) is 5.69 Å². The van der Waals surface area contributed by atoms with E-state index in [0.29, 0.717) is 29.9 Å². The quantitative estimate of drug-likeness (QED) is 0.813. The fourth-order valence-electron chi connectivity index (χ4n) is 2.23. The highest BCUT2D eigenvalue weighted by Crippen LogP contribution is 2.26. The molecular weight excluding hydrogens is 344 g/mol. The lowest BCUT2D eigenvalue weighted by Crippen LogP contribution is -2.35. The van der Waals surface area contributed by atoms with Crippen LogP contribution < -0.4 is 5.73 Å². The molecule has 0 radical (unpaired) electrons. The second-order valence-electron chi connectivity index (χ2n) is 4.87. The van der Waals surface area contributed by atoms with Crippen LogP contribution in [0.25, 0.3) is 0 Å². The topological polar surface area (TPSA) is 72.6 Å². The van der Waals surface area contributed by atoms with Crippen molar-refractivity contribution in [1.29, 1.82) is 0 Å². The molecular formula is C13H19BrN2O3S. The van der Waals surface area contributed by atoms with Crippen LogP contribution in [0.3, 0.4) is 0 Å². The molecule has 1 atom stereocenters. The molecule has 0 aromatic heterocycles. The van der Waals surface area contributed by atoms with Crippen LogP contribution in [-0.4, -0.2) is 39.0 Å². The van der Waals surface area contributed by atoms with Gasteiger partial charge in [0.25, 0.3) is 0 Å². The summed E-state index contributed by atoms with van der Waals surface area (Å²) in [4.78, 5) is 0.263. The Morgan fingerprint density at radius 2 is 2.25 bits per heavy atom. The summed E-state index contributed by atoms with van der Waals surface area (Å²) in [5, 5.41) is 0. The van der Waals surface area contributed by atoms with Crippen LogP contribution in [0.5, 0.6) is 0 Å². The normalized spacial score (nSPS) is 19.6. The summed E-state index contributed by atoms with van der Waals surface area (Å²) in [5.41, 5.74) is 6.23. The third-order valence-electron chi connectivity index (χ3n) is 3.45. The lowest BCUT2D eigenvalue weighted by molar-refractivity contribution is 0.181. The maximum absolute atomic E-state index is 12.6. The molecule has 5 nitrogen and oxygen atoms in total. The SMILES string of the molecule is CCN(CC1CCOC1)S(=O)(=O)c1ccc(N)c(Br)c1. The fourth-order valence-corrected chi connectivity index (χ4v) is 4.31. The lowest BCUT2D eigenvalue weighted by atomic mass is 10.1. The largest absolute Gasteiger partial charge is 0.398 e. The van der Waals surface area contributed by atoms with Gasteiger partial charge in [-0.3, -0.25) is 0 Å². The molecule has 0 saturated carbocycles. The zero-order chi connectivity index (χ0) is 14.8. The Balaban J connectivity index is 2.23. The van der Waals surface area contributed by atoms with Crippen LogP contribution in [0, 0.1) is 5.92 Å². The summed E-state index contributed by atoms with van der Waals surface area (Å²) in [6.07, 6.45) is 0.914. The molecule has 0 bridgehead atoms. The molecule has 112 valence electrons. The van der Waals surface area contributed by atoms with Gasteiger partial charge in [0.1, 0.15) is 0 Å². The lowest BCUT2D eigenvalue weighted by Gasteiger charge is -2.23. The average molecular weight is 363 g/mol. The van der Waals surface area contributed by atoms with Gasteiger partial charge in [0, 0.05) is 29.9 Å². The summed E-state index contributed by atoms with van der Waals surface area (Å²) in [5.74, 6) is 0.280. The Labute approximate surface area is 128 Å². The van der Waals surface area contributed by atoms with Gasteiger partial charge in [-0.05, 0) is 46.5 Å². The number of benzene rings is 1. The van der Waals surface area contributed by atoms with Gasteiger partial charge in [-0.25, -0.2) is 8.42 Å².